The normalized spacial score (nSPS) is 17.9. The molecule has 0 aromatic heterocycles. The minimum Gasteiger partial charge on any atom is -0.325 e. The zero-order valence-corrected chi connectivity index (χ0v) is 13.9. The third-order valence-electron chi connectivity index (χ3n) is 4.12. The summed E-state index contributed by atoms with van der Waals surface area (Å²) in [6.45, 7) is 1.67. The van der Waals surface area contributed by atoms with Crippen molar-refractivity contribution in [2.75, 3.05) is 25.0 Å². The number of benzene rings is 1. The topological polar surface area (TPSA) is 87.3 Å². The molecule has 0 heterocycles. The average molecular weight is 337 g/mol. The molecular formula is C16H23N3O3S. The van der Waals surface area contributed by atoms with Crippen LogP contribution >= 0.6 is 0 Å². The third kappa shape index (κ3) is 5.30. The number of carbonyl (C=O) groups is 1. The van der Waals surface area contributed by atoms with Crippen molar-refractivity contribution in [2.45, 2.75) is 30.6 Å². The first-order valence-electron chi connectivity index (χ1n) is 8.13. The van der Waals surface area contributed by atoms with E-state index in [0.717, 1.165) is 25.3 Å². The highest BCUT2D eigenvalue weighted by molar-refractivity contribution is 7.89. The van der Waals surface area contributed by atoms with Crippen molar-refractivity contribution in [1.82, 2.24) is 10.0 Å². The summed E-state index contributed by atoms with van der Waals surface area (Å²) in [6, 6.07) is 6.26. The largest absolute Gasteiger partial charge is 0.325 e. The summed E-state index contributed by atoms with van der Waals surface area (Å²) in [7, 11) is -3.45. The van der Waals surface area contributed by atoms with E-state index in [0.29, 0.717) is 18.2 Å². The molecular weight excluding hydrogens is 314 g/mol. The molecule has 1 aromatic carbocycles. The summed E-state index contributed by atoms with van der Waals surface area (Å²) in [5.74, 6) is 1.11. The highest BCUT2D eigenvalue weighted by atomic mass is 32.2. The van der Waals surface area contributed by atoms with Gasteiger partial charge in [-0.05, 0) is 68.3 Å². The van der Waals surface area contributed by atoms with E-state index in [1.165, 1.54) is 25.0 Å². The van der Waals surface area contributed by atoms with Crippen LogP contribution in [0.4, 0.5) is 5.69 Å². The maximum Gasteiger partial charge on any atom is 0.240 e. The third-order valence-corrected chi connectivity index (χ3v) is 5.56. The van der Waals surface area contributed by atoms with E-state index in [1.54, 1.807) is 12.1 Å². The van der Waals surface area contributed by atoms with Crippen molar-refractivity contribution in [2.24, 2.45) is 11.8 Å². The zero-order chi connectivity index (χ0) is 16.3. The van der Waals surface area contributed by atoms with Gasteiger partial charge in [-0.1, -0.05) is 0 Å². The van der Waals surface area contributed by atoms with Crippen LogP contribution in [0.15, 0.2) is 29.2 Å². The van der Waals surface area contributed by atoms with E-state index in [4.69, 9.17) is 0 Å². The molecule has 2 saturated carbocycles. The first kappa shape index (κ1) is 16.4. The molecule has 2 fully saturated rings. The maximum absolute atomic E-state index is 12.1. The molecule has 1 aromatic rings. The average Bonchev–Trinajstić information content (AvgIpc) is 3.40. The molecule has 2 aliphatic carbocycles. The standard InChI is InChI=1S/C16H23N3O3S/c20-16(11-17-9-12-1-2-12)19-14-5-7-15(8-6-14)23(21,22)18-10-13-3-4-13/h5-8,12-13,17-18H,1-4,9-11H2,(H,19,20). The second kappa shape index (κ2) is 6.98. The number of anilines is 1. The van der Waals surface area contributed by atoms with Gasteiger partial charge in [0.05, 0.1) is 11.4 Å². The van der Waals surface area contributed by atoms with Crippen LogP contribution in [0.1, 0.15) is 25.7 Å². The first-order chi connectivity index (χ1) is 11.0. The molecule has 6 nitrogen and oxygen atoms in total. The van der Waals surface area contributed by atoms with Gasteiger partial charge < -0.3 is 10.6 Å². The molecule has 126 valence electrons. The lowest BCUT2D eigenvalue weighted by atomic mass is 10.3. The van der Waals surface area contributed by atoms with Gasteiger partial charge in [0.15, 0.2) is 0 Å². The van der Waals surface area contributed by atoms with Gasteiger partial charge in [-0.15, -0.1) is 0 Å². The molecule has 3 N–H and O–H groups in total. The Morgan fingerprint density at radius 1 is 1.00 bits per heavy atom. The lowest BCUT2D eigenvalue weighted by Gasteiger charge is -2.09. The highest BCUT2D eigenvalue weighted by Gasteiger charge is 2.24. The molecule has 0 atom stereocenters. The van der Waals surface area contributed by atoms with Crippen LogP contribution < -0.4 is 15.4 Å². The summed E-state index contributed by atoms with van der Waals surface area (Å²) in [5, 5.41) is 5.88. The van der Waals surface area contributed by atoms with Crippen LogP contribution in [0.5, 0.6) is 0 Å². The quantitative estimate of drug-likeness (QED) is 0.634. The van der Waals surface area contributed by atoms with Gasteiger partial charge in [0.1, 0.15) is 0 Å². The minimum absolute atomic E-state index is 0.117. The molecule has 0 aliphatic heterocycles. The zero-order valence-electron chi connectivity index (χ0n) is 13.0. The van der Waals surface area contributed by atoms with Gasteiger partial charge in [-0.2, -0.15) is 0 Å². The van der Waals surface area contributed by atoms with Gasteiger partial charge in [0.25, 0.3) is 0 Å². The maximum atomic E-state index is 12.1. The number of carbonyl (C=O) groups excluding carboxylic acids is 1. The van der Waals surface area contributed by atoms with Gasteiger partial charge in [-0.3, -0.25) is 4.79 Å². The summed E-state index contributed by atoms with van der Waals surface area (Å²) >= 11 is 0. The summed E-state index contributed by atoms with van der Waals surface area (Å²) in [6.07, 6.45) is 4.70. The number of rotatable bonds is 9. The van der Waals surface area contributed by atoms with E-state index >= 15 is 0 Å². The van der Waals surface area contributed by atoms with Crippen LogP contribution in [0.2, 0.25) is 0 Å². The van der Waals surface area contributed by atoms with Crippen molar-refractivity contribution in [3.05, 3.63) is 24.3 Å². The molecule has 0 bridgehead atoms. The number of amides is 1. The van der Waals surface area contributed by atoms with E-state index < -0.39 is 10.0 Å². The lowest BCUT2D eigenvalue weighted by molar-refractivity contribution is -0.115. The molecule has 0 unspecified atom stereocenters. The Balaban J connectivity index is 1.48. The Morgan fingerprint density at radius 2 is 1.61 bits per heavy atom. The Bertz CT molecular complexity index is 650. The number of hydrogen-bond donors (Lipinski definition) is 3. The second-order valence-corrected chi connectivity index (χ2v) is 8.21. The molecule has 1 amide bonds. The Morgan fingerprint density at radius 3 is 2.22 bits per heavy atom. The Hall–Kier alpha value is -1.44. The smallest absolute Gasteiger partial charge is 0.240 e. The van der Waals surface area contributed by atoms with Crippen molar-refractivity contribution >= 4 is 21.6 Å². The summed E-state index contributed by atoms with van der Waals surface area (Å²) in [4.78, 5) is 12.0. The molecule has 23 heavy (non-hydrogen) atoms. The fourth-order valence-electron chi connectivity index (χ4n) is 2.27. The fraction of sp³-hybridized carbons (Fsp3) is 0.562. The molecule has 0 radical (unpaired) electrons. The molecule has 3 rings (SSSR count). The first-order valence-corrected chi connectivity index (χ1v) is 9.61. The Kier molecular flexibility index (Phi) is 4.99. The van der Waals surface area contributed by atoms with Crippen LogP contribution in [0, 0.1) is 11.8 Å². The van der Waals surface area contributed by atoms with Crippen molar-refractivity contribution < 1.29 is 13.2 Å². The number of nitrogens with one attached hydrogen (secondary N) is 3. The van der Waals surface area contributed by atoms with E-state index in [2.05, 4.69) is 15.4 Å². The van der Waals surface area contributed by atoms with Gasteiger partial charge in [-0.25, -0.2) is 13.1 Å². The molecule has 0 spiro atoms. The van der Waals surface area contributed by atoms with Crippen LogP contribution in [-0.4, -0.2) is 34.0 Å². The van der Waals surface area contributed by atoms with Crippen molar-refractivity contribution in [3.63, 3.8) is 0 Å². The second-order valence-electron chi connectivity index (χ2n) is 6.44. The molecule has 0 saturated heterocycles. The van der Waals surface area contributed by atoms with Crippen LogP contribution in [0.25, 0.3) is 0 Å². The van der Waals surface area contributed by atoms with Crippen LogP contribution in [0.3, 0.4) is 0 Å². The van der Waals surface area contributed by atoms with Gasteiger partial charge in [0, 0.05) is 12.2 Å². The molecule has 7 heteroatoms. The lowest BCUT2D eigenvalue weighted by Crippen LogP contribution is -2.29. The van der Waals surface area contributed by atoms with Crippen molar-refractivity contribution in [1.29, 1.82) is 0 Å². The van der Waals surface area contributed by atoms with Crippen molar-refractivity contribution in [3.8, 4) is 0 Å². The van der Waals surface area contributed by atoms with Gasteiger partial charge in [0.2, 0.25) is 15.9 Å². The fourth-order valence-corrected chi connectivity index (χ4v) is 3.38. The predicted molar refractivity (Wildman–Crippen MR) is 88.6 cm³/mol. The van der Waals surface area contributed by atoms with E-state index in [1.807, 2.05) is 0 Å². The molecule has 2 aliphatic rings. The summed E-state index contributed by atoms with van der Waals surface area (Å²) in [5.41, 5.74) is 0.601. The SMILES string of the molecule is O=C(CNCC1CC1)Nc1ccc(S(=O)(=O)NCC2CC2)cc1. The highest BCUT2D eigenvalue weighted by Crippen LogP contribution is 2.28. The predicted octanol–water partition coefficient (Wildman–Crippen LogP) is 1.31. The van der Waals surface area contributed by atoms with E-state index in [-0.39, 0.29) is 17.3 Å². The monoisotopic (exact) mass is 337 g/mol. The van der Waals surface area contributed by atoms with Crippen LogP contribution in [-0.2, 0) is 14.8 Å². The minimum atomic E-state index is -3.45. The number of hydrogen-bond acceptors (Lipinski definition) is 4. The summed E-state index contributed by atoms with van der Waals surface area (Å²) < 4.78 is 26.8. The Labute approximate surface area is 137 Å². The number of sulfonamides is 1. The van der Waals surface area contributed by atoms with Gasteiger partial charge >= 0.3 is 0 Å². The van der Waals surface area contributed by atoms with E-state index in [9.17, 15) is 13.2 Å².